The van der Waals surface area contributed by atoms with E-state index in [4.69, 9.17) is 10.5 Å². The van der Waals surface area contributed by atoms with Crippen LogP contribution in [0.25, 0.3) is 0 Å². The number of anilines is 1. The zero-order valence-corrected chi connectivity index (χ0v) is 10.4. The van der Waals surface area contributed by atoms with Crippen molar-refractivity contribution in [2.45, 2.75) is 39.3 Å². The van der Waals surface area contributed by atoms with E-state index in [-0.39, 0.29) is 12.1 Å². The van der Waals surface area contributed by atoms with Gasteiger partial charge in [-0.25, -0.2) is 0 Å². The molecule has 3 N–H and O–H groups in total. The summed E-state index contributed by atoms with van der Waals surface area (Å²) < 4.78 is 5.56. The Bertz CT molecular complexity index is 293. The van der Waals surface area contributed by atoms with E-state index in [0.717, 1.165) is 24.4 Å². The fourth-order valence-corrected chi connectivity index (χ4v) is 1.37. The topological polar surface area (TPSA) is 47.3 Å². The Kier molecular flexibility index (Phi) is 5.12. The number of nitrogens with two attached hydrogens (primary N) is 1. The van der Waals surface area contributed by atoms with E-state index in [9.17, 15) is 0 Å². The summed E-state index contributed by atoms with van der Waals surface area (Å²) in [6.45, 7) is 6.97. The van der Waals surface area contributed by atoms with Crippen LogP contribution in [0.2, 0.25) is 0 Å². The molecule has 0 saturated carbocycles. The van der Waals surface area contributed by atoms with Gasteiger partial charge in [0.05, 0.1) is 6.10 Å². The molecule has 1 aromatic carbocycles. The lowest BCUT2D eigenvalue weighted by Gasteiger charge is -2.11. The fraction of sp³-hybridized carbons (Fsp3) is 0.538. The van der Waals surface area contributed by atoms with Gasteiger partial charge in [0.1, 0.15) is 5.75 Å². The average Bonchev–Trinajstić information content (AvgIpc) is 2.19. The zero-order chi connectivity index (χ0) is 12.0. The third kappa shape index (κ3) is 5.03. The molecule has 0 aliphatic heterocycles. The summed E-state index contributed by atoms with van der Waals surface area (Å²) in [6.07, 6.45) is 1.20. The van der Waals surface area contributed by atoms with Crippen molar-refractivity contribution in [2.24, 2.45) is 5.73 Å². The predicted molar refractivity (Wildman–Crippen MR) is 69.0 cm³/mol. The summed E-state index contributed by atoms with van der Waals surface area (Å²) in [5, 5.41) is 3.32. The summed E-state index contributed by atoms with van der Waals surface area (Å²) in [4.78, 5) is 0. The van der Waals surface area contributed by atoms with Gasteiger partial charge in [-0.1, -0.05) is 0 Å². The van der Waals surface area contributed by atoms with Gasteiger partial charge in [-0.15, -0.1) is 0 Å². The zero-order valence-electron chi connectivity index (χ0n) is 10.4. The van der Waals surface area contributed by atoms with Crippen LogP contribution in [0.1, 0.15) is 27.2 Å². The highest BCUT2D eigenvalue weighted by molar-refractivity contribution is 5.46. The molecule has 0 aliphatic rings. The van der Waals surface area contributed by atoms with Crippen molar-refractivity contribution in [3.05, 3.63) is 24.3 Å². The van der Waals surface area contributed by atoms with Crippen molar-refractivity contribution < 1.29 is 4.74 Å². The lowest BCUT2D eigenvalue weighted by molar-refractivity contribution is 0.242. The quantitative estimate of drug-likeness (QED) is 0.778. The number of rotatable bonds is 6. The lowest BCUT2D eigenvalue weighted by Crippen LogP contribution is -2.19. The number of ether oxygens (including phenoxy) is 1. The maximum Gasteiger partial charge on any atom is 0.119 e. The Labute approximate surface area is 98.0 Å². The molecule has 0 saturated heterocycles. The molecule has 3 heteroatoms. The van der Waals surface area contributed by atoms with E-state index >= 15 is 0 Å². The van der Waals surface area contributed by atoms with Gasteiger partial charge in [-0.2, -0.15) is 0 Å². The fourth-order valence-electron chi connectivity index (χ4n) is 1.37. The summed E-state index contributed by atoms with van der Waals surface area (Å²) in [5.41, 5.74) is 6.78. The highest BCUT2D eigenvalue weighted by atomic mass is 16.5. The number of nitrogens with one attached hydrogen (secondary N) is 1. The van der Waals surface area contributed by atoms with Crippen molar-refractivity contribution in [1.82, 2.24) is 0 Å². The second-order valence-corrected chi connectivity index (χ2v) is 4.38. The summed E-state index contributed by atoms with van der Waals surface area (Å²) >= 11 is 0. The molecule has 0 fully saturated rings. The van der Waals surface area contributed by atoms with Crippen LogP contribution in [0.15, 0.2) is 24.3 Å². The number of benzene rings is 1. The van der Waals surface area contributed by atoms with Crippen molar-refractivity contribution in [3.63, 3.8) is 0 Å². The van der Waals surface area contributed by atoms with Crippen molar-refractivity contribution >= 4 is 5.69 Å². The molecule has 1 unspecified atom stereocenters. The first-order valence-electron chi connectivity index (χ1n) is 5.84. The molecule has 1 aromatic rings. The minimum atomic E-state index is 0.219. The molecule has 0 aliphatic carbocycles. The minimum Gasteiger partial charge on any atom is -0.491 e. The van der Waals surface area contributed by atoms with E-state index in [1.807, 2.05) is 45.0 Å². The van der Waals surface area contributed by atoms with Crippen LogP contribution in [0.5, 0.6) is 5.75 Å². The van der Waals surface area contributed by atoms with E-state index in [0.29, 0.717) is 0 Å². The molecule has 0 spiro atoms. The molecule has 1 rings (SSSR count). The third-order valence-corrected chi connectivity index (χ3v) is 2.15. The summed E-state index contributed by atoms with van der Waals surface area (Å²) in [7, 11) is 0. The van der Waals surface area contributed by atoms with Crippen molar-refractivity contribution in [2.75, 3.05) is 11.9 Å². The van der Waals surface area contributed by atoms with Crippen LogP contribution in [-0.4, -0.2) is 18.7 Å². The Hall–Kier alpha value is -1.22. The number of hydrogen-bond acceptors (Lipinski definition) is 3. The Morgan fingerprint density at radius 1 is 1.19 bits per heavy atom. The van der Waals surface area contributed by atoms with Crippen LogP contribution in [-0.2, 0) is 0 Å². The van der Waals surface area contributed by atoms with E-state index in [1.54, 1.807) is 0 Å². The maximum absolute atomic E-state index is 5.68. The molecule has 3 nitrogen and oxygen atoms in total. The highest BCUT2D eigenvalue weighted by Crippen LogP contribution is 2.16. The molecule has 16 heavy (non-hydrogen) atoms. The molecule has 90 valence electrons. The van der Waals surface area contributed by atoms with E-state index < -0.39 is 0 Å². The van der Waals surface area contributed by atoms with Crippen molar-refractivity contribution in [3.8, 4) is 5.75 Å². The van der Waals surface area contributed by atoms with Crippen LogP contribution in [0, 0.1) is 0 Å². The van der Waals surface area contributed by atoms with Crippen LogP contribution in [0.3, 0.4) is 0 Å². The van der Waals surface area contributed by atoms with Crippen LogP contribution < -0.4 is 15.8 Å². The van der Waals surface area contributed by atoms with Crippen molar-refractivity contribution in [1.29, 1.82) is 0 Å². The standard InChI is InChI=1S/C13H22N2O/c1-10(2)16-13-6-4-12(5-7-13)15-9-8-11(3)14/h4-7,10-11,15H,8-9,14H2,1-3H3. The first-order valence-corrected chi connectivity index (χ1v) is 5.84. The van der Waals surface area contributed by atoms with Gasteiger partial charge in [0.2, 0.25) is 0 Å². The van der Waals surface area contributed by atoms with Gasteiger partial charge < -0.3 is 15.8 Å². The van der Waals surface area contributed by atoms with Crippen LogP contribution in [0.4, 0.5) is 5.69 Å². The summed E-state index contributed by atoms with van der Waals surface area (Å²) in [6, 6.07) is 8.26. The lowest BCUT2D eigenvalue weighted by atomic mass is 10.2. The van der Waals surface area contributed by atoms with Gasteiger partial charge in [-0.3, -0.25) is 0 Å². The first kappa shape index (κ1) is 12.8. The minimum absolute atomic E-state index is 0.219. The molecular weight excluding hydrogens is 200 g/mol. The summed E-state index contributed by atoms with van der Waals surface area (Å²) in [5.74, 6) is 0.910. The smallest absolute Gasteiger partial charge is 0.119 e. The number of hydrogen-bond donors (Lipinski definition) is 2. The molecule has 0 aromatic heterocycles. The molecular formula is C13H22N2O. The highest BCUT2D eigenvalue weighted by Gasteiger charge is 1.98. The largest absolute Gasteiger partial charge is 0.491 e. The molecule has 1 atom stereocenters. The molecule has 0 amide bonds. The van der Waals surface area contributed by atoms with Gasteiger partial charge in [0.25, 0.3) is 0 Å². The second kappa shape index (κ2) is 6.38. The van der Waals surface area contributed by atoms with Gasteiger partial charge in [-0.05, 0) is 51.5 Å². The third-order valence-electron chi connectivity index (χ3n) is 2.15. The second-order valence-electron chi connectivity index (χ2n) is 4.38. The molecule has 0 heterocycles. The molecule has 0 radical (unpaired) electrons. The normalized spacial score (nSPS) is 12.6. The molecule has 0 bridgehead atoms. The monoisotopic (exact) mass is 222 g/mol. The predicted octanol–water partition coefficient (Wildman–Crippen LogP) is 2.62. The van der Waals surface area contributed by atoms with Gasteiger partial charge in [0, 0.05) is 18.3 Å². The van der Waals surface area contributed by atoms with E-state index in [1.165, 1.54) is 0 Å². The van der Waals surface area contributed by atoms with E-state index in [2.05, 4.69) is 5.32 Å². The average molecular weight is 222 g/mol. The Balaban J connectivity index is 2.39. The van der Waals surface area contributed by atoms with Gasteiger partial charge >= 0.3 is 0 Å². The Morgan fingerprint density at radius 2 is 1.81 bits per heavy atom. The first-order chi connectivity index (χ1) is 7.58. The van der Waals surface area contributed by atoms with Gasteiger partial charge in [0.15, 0.2) is 0 Å². The maximum atomic E-state index is 5.68. The van der Waals surface area contributed by atoms with Crippen LogP contribution >= 0.6 is 0 Å². The SMILES string of the molecule is CC(N)CCNc1ccc(OC(C)C)cc1. The Morgan fingerprint density at radius 3 is 2.31 bits per heavy atom.